The summed E-state index contributed by atoms with van der Waals surface area (Å²) in [5.74, 6) is 0. The van der Waals surface area contributed by atoms with E-state index in [4.69, 9.17) is 0 Å². The predicted octanol–water partition coefficient (Wildman–Crippen LogP) is 5.51. The van der Waals surface area contributed by atoms with E-state index in [1.165, 1.54) is 34.9 Å². The van der Waals surface area contributed by atoms with Gasteiger partial charge in [0.1, 0.15) is 0 Å². The summed E-state index contributed by atoms with van der Waals surface area (Å²) in [5.41, 5.74) is 2.80. The van der Waals surface area contributed by atoms with Gasteiger partial charge >= 0.3 is 0 Å². The standard InChI is InChI=1S/C19H24BrN/c1-2-15-21-19(17-10-4-3-5-11-17)14-8-12-16-9-6-7-13-18(16)20/h3-7,9-11,13,19,21H,2,8,12,14-15H2,1H3. The zero-order valence-corrected chi connectivity index (χ0v) is 14.3. The molecule has 1 N–H and O–H groups in total. The topological polar surface area (TPSA) is 12.0 Å². The molecule has 0 aliphatic carbocycles. The van der Waals surface area contributed by atoms with Crippen LogP contribution in [0, 0.1) is 0 Å². The van der Waals surface area contributed by atoms with Gasteiger partial charge in [0.2, 0.25) is 0 Å². The molecule has 0 radical (unpaired) electrons. The largest absolute Gasteiger partial charge is 0.310 e. The molecule has 0 amide bonds. The molecule has 2 rings (SSSR count). The molecule has 0 spiro atoms. The van der Waals surface area contributed by atoms with Crippen molar-refractivity contribution in [2.75, 3.05) is 6.54 Å². The molecule has 2 heteroatoms. The van der Waals surface area contributed by atoms with Crippen molar-refractivity contribution in [3.8, 4) is 0 Å². The molecule has 0 aliphatic rings. The molecule has 0 aromatic heterocycles. The van der Waals surface area contributed by atoms with Crippen molar-refractivity contribution < 1.29 is 0 Å². The molecule has 1 unspecified atom stereocenters. The maximum absolute atomic E-state index is 3.67. The second-order valence-electron chi connectivity index (χ2n) is 5.40. The van der Waals surface area contributed by atoms with Crippen molar-refractivity contribution >= 4 is 15.9 Å². The number of aryl methyl sites for hydroxylation is 1. The van der Waals surface area contributed by atoms with E-state index in [1.54, 1.807) is 0 Å². The Hall–Kier alpha value is -1.12. The summed E-state index contributed by atoms with van der Waals surface area (Å²) in [7, 11) is 0. The van der Waals surface area contributed by atoms with Crippen LogP contribution in [0.5, 0.6) is 0 Å². The first-order valence-corrected chi connectivity index (χ1v) is 8.62. The van der Waals surface area contributed by atoms with Crippen molar-refractivity contribution in [2.45, 2.75) is 38.6 Å². The van der Waals surface area contributed by atoms with Crippen molar-refractivity contribution in [2.24, 2.45) is 0 Å². The number of nitrogens with one attached hydrogen (secondary N) is 1. The van der Waals surface area contributed by atoms with Crippen molar-refractivity contribution in [1.29, 1.82) is 0 Å². The van der Waals surface area contributed by atoms with E-state index in [9.17, 15) is 0 Å². The quantitative estimate of drug-likeness (QED) is 0.664. The van der Waals surface area contributed by atoms with Gasteiger partial charge in [-0.25, -0.2) is 0 Å². The Morgan fingerprint density at radius 1 is 1.00 bits per heavy atom. The Morgan fingerprint density at radius 3 is 2.43 bits per heavy atom. The second kappa shape index (κ2) is 9.01. The first-order chi connectivity index (χ1) is 10.3. The van der Waals surface area contributed by atoms with Crippen LogP contribution >= 0.6 is 15.9 Å². The zero-order valence-electron chi connectivity index (χ0n) is 12.7. The molecule has 0 saturated carbocycles. The van der Waals surface area contributed by atoms with Gasteiger partial charge in [-0.15, -0.1) is 0 Å². The summed E-state index contributed by atoms with van der Waals surface area (Å²) in [4.78, 5) is 0. The van der Waals surface area contributed by atoms with Gasteiger partial charge in [0.25, 0.3) is 0 Å². The molecule has 112 valence electrons. The smallest absolute Gasteiger partial charge is 0.0320 e. The van der Waals surface area contributed by atoms with Crippen LogP contribution in [0.3, 0.4) is 0 Å². The SMILES string of the molecule is CCCNC(CCCc1ccccc1Br)c1ccccc1. The predicted molar refractivity (Wildman–Crippen MR) is 94.6 cm³/mol. The summed E-state index contributed by atoms with van der Waals surface area (Å²) in [6.45, 7) is 3.30. The minimum atomic E-state index is 0.466. The second-order valence-corrected chi connectivity index (χ2v) is 6.26. The van der Waals surface area contributed by atoms with Gasteiger partial charge in [0.05, 0.1) is 0 Å². The highest BCUT2D eigenvalue weighted by Gasteiger charge is 2.10. The fraction of sp³-hybridized carbons (Fsp3) is 0.368. The molecule has 1 nitrogen and oxygen atoms in total. The first-order valence-electron chi connectivity index (χ1n) is 7.83. The summed E-state index contributed by atoms with van der Waals surface area (Å²) >= 11 is 3.63. The van der Waals surface area contributed by atoms with E-state index in [0.29, 0.717) is 6.04 Å². The van der Waals surface area contributed by atoms with Crippen LogP contribution < -0.4 is 5.32 Å². The summed E-state index contributed by atoms with van der Waals surface area (Å²) in [5, 5.41) is 3.67. The lowest BCUT2D eigenvalue weighted by Crippen LogP contribution is -2.22. The Labute approximate surface area is 136 Å². The van der Waals surface area contributed by atoms with Crippen LogP contribution in [-0.4, -0.2) is 6.54 Å². The van der Waals surface area contributed by atoms with Crippen LogP contribution in [0.1, 0.15) is 43.4 Å². The van der Waals surface area contributed by atoms with E-state index < -0.39 is 0 Å². The maximum Gasteiger partial charge on any atom is 0.0320 e. The fourth-order valence-corrected chi connectivity index (χ4v) is 3.07. The molecule has 0 saturated heterocycles. The number of halogens is 1. The number of hydrogen-bond donors (Lipinski definition) is 1. The summed E-state index contributed by atoms with van der Waals surface area (Å²) in [6, 6.07) is 19.8. The minimum Gasteiger partial charge on any atom is -0.310 e. The lowest BCUT2D eigenvalue weighted by Gasteiger charge is -2.19. The van der Waals surface area contributed by atoms with Gasteiger partial charge < -0.3 is 5.32 Å². The molecule has 0 fully saturated rings. The molecule has 0 bridgehead atoms. The van der Waals surface area contributed by atoms with Gasteiger partial charge in [-0.3, -0.25) is 0 Å². The lowest BCUT2D eigenvalue weighted by atomic mass is 9.99. The minimum absolute atomic E-state index is 0.466. The Morgan fingerprint density at radius 2 is 1.71 bits per heavy atom. The van der Waals surface area contributed by atoms with Crippen molar-refractivity contribution in [1.82, 2.24) is 5.32 Å². The van der Waals surface area contributed by atoms with Gasteiger partial charge in [-0.2, -0.15) is 0 Å². The van der Waals surface area contributed by atoms with E-state index >= 15 is 0 Å². The third-order valence-electron chi connectivity index (χ3n) is 3.74. The van der Waals surface area contributed by atoms with E-state index in [0.717, 1.165) is 13.0 Å². The summed E-state index contributed by atoms with van der Waals surface area (Å²) < 4.78 is 1.22. The van der Waals surface area contributed by atoms with Gasteiger partial charge in [0.15, 0.2) is 0 Å². The highest BCUT2D eigenvalue weighted by Crippen LogP contribution is 2.22. The number of rotatable bonds is 8. The lowest BCUT2D eigenvalue weighted by molar-refractivity contribution is 0.484. The van der Waals surface area contributed by atoms with Gasteiger partial charge in [-0.05, 0) is 49.4 Å². The molecular weight excluding hydrogens is 322 g/mol. The Kier molecular flexibility index (Phi) is 6.98. The normalized spacial score (nSPS) is 12.3. The first kappa shape index (κ1) is 16.3. The van der Waals surface area contributed by atoms with Crippen LogP contribution in [0.2, 0.25) is 0 Å². The fourth-order valence-electron chi connectivity index (χ4n) is 2.59. The van der Waals surface area contributed by atoms with Crippen molar-refractivity contribution in [3.63, 3.8) is 0 Å². The molecule has 1 atom stereocenters. The third-order valence-corrected chi connectivity index (χ3v) is 4.51. The maximum atomic E-state index is 3.67. The average Bonchev–Trinajstić information content (AvgIpc) is 2.53. The van der Waals surface area contributed by atoms with E-state index in [-0.39, 0.29) is 0 Å². The van der Waals surface area contributed by atoms with Crippen LogP contribution in [0.25, 0.3) is 0 Å². The highest BCUT2D eigenvalue weighted by atomic mass is 79.9. The molecular formula is C19H24BrN. The van der Waals surface area contributed by atoms with Crippen LogP contribution in [0.4, 0.5) is 0 Å². The van der Waals surface area contributed by atoms with E-state index in [1.807, 2.05) is 0 Å². The Bertz CT molecular complexity index is 524. The van der Waals surface area contributed by atoms with Crippen LogP contribution in [-0.2, 0) is 6.42 Å². The summed E-state index contributed by atoms with van der Waals surface area (Å²) in [6.07, 6.45) is 4.66. The number of hydrogen-bond acceptors (Lipinski definition) is 1. The number of benzene rings is 2. The zero-order chi connectivity index (χ0) is 14.9. The monoisotopic (exact) mass is 345 g/mol. The molecule has 2 aromatic rings. The van der Waals surface area contributed by atoms with E-state index in [2.05, 4.69) is 82.8 Å². The molecule has 21 heavy (non-hydrogen) atoms. The highest BCUT2D eigenvalue weighted by molar-refractivity contribution is 9.10. The van der Waals surface area contributed by atoms with Gasteiger partial charge in [-0.1, -0.05) is 71.4 Å². The third kappa shape index (κ3) is 5.29. The van der Waals surface area contributed by atoms with Gasteiger partial charge in [0, 0.05) is 10.5 Å². The molecule has 0 heterocycles. The Balaban J connectivity index is 1.92. The van der Waals surface area contributed by atoms with Crippen molar-refractivity contribution in [3.05, 3.63) is 70.2 Å². The molecule has 2 aromatic carbocycles. The average molecular weight is 346 g/mol. The molecule has 0 aliphatic heterocycles. The van der Waals surface area contributed by atoms with Crippen LogP contribution in [0.15, 0.2) is 59.1 Å².